The van der Waals surface area contributed by atoms with E-state index >= 15 is 0 Å². The maximum absolute atomic E-state index is 12.4. The van der Waals surface area contributed by atoms with Crippen molar-refractivity contribution in [2.75, 3.05) is 35.5 Å². The van der Waals surface area contributed by atoms with Gasteiger partial charge in [0.1, 0.15) is 17.2 Å². The lowest BCUT2D eigenvalue weighted by Crippen LogP contribution is -1.97. The SMILES string of the molecule is COc1cc(C(=O)/C=C/c2cc(OC)c(OC)cc2Br)ccc1C.COc1cc(C(C)=O)ccc1C.COc1cc(C=O)c(Br)cc1C.O=C(/C=C/c1cc(O)c(O)cc1Br)c1ccc(O)c(O)c1. The molecule has 13 nitrogen and oxygen atoms in total. The van der Waals surface area contributed by atoms with Crippen LogP contribution in [0.1, 0.15) is 76.2 Å². The van der Waals surface area contributed by atoms with E-state index in [1.54, 1.807) is 84.9 Å². The average molecular weight is 1140 g/mol. The van der Waals surface area contributed by atoms with Crippen LogP contribution in [0.15, 0.2) is 117 Å². The monoisotopic (exact) mass is 1130 g/mol. The molecule has 0 radical (unpaired) electrons. The highest BCUT2D eigenvalue weighted by Gasteiger charge is 2.12. The van der Waals surface area contributed by atoms with E-state index in [1.807, 2.05) is 45.0 Å². The molecule has 16 heteroatoms. The second-order valence-corrected chi connectivity index (χ2v) is 17.1. The van der Waals surface area contributed by atoms with E-state index in [0.717, 1.165) is 55.1 Å². The third kappa shape index (κ3) is 16.4. The fourth-order valence-corrected chi connectivity index (χ4v) is 7.35. The fraction of sp³-hybridized carbons (Fsp3) is 0.170. The molecule has 0 aliphatic heterocycles. The molecule has 0 spiro atoms. The standard InChI is InChI=1S/C19H19BrO4.C15H11BrO5.C10H12O2.C9H9BrO2/c1-12-5-6-14(10-17(12)22-2)16(21)8-7-13-9-18(23-3)19(24-4)11-15(13)20;16-10-7-15(21)14(20)5-8(10)1-3-11(17)9-2-4-12(18)13(19)6-9;1-7-4-5-9(8(2)11)6-10(7)12-3;1-6-3-8(10)7(5-11)4-9(6)12-2/h5-11H,1-4H3;1-7,18-21H;4-6H,1-3H3;3-5H,1-2H3/b8-7+;3-1+;;. The molecule has 69 heavy (non-hydrogen) atoms. The molecule has 0 saturated heterocycles. The number of rotatable bonds is 13. The van der Waals surface area contributed by atoms with Gasteiger partial charge in [-0.05, 0) is 147 Å². The third-order valence-electron chi connectivity index (χ3n) is 9.83. The Hall–Kier alpha value is -6.88. The second-order valence-electron chi connectivity index (χ2n) is 14.6. The van der Waals surface area contributed by atoms with Gasteiger partial charge < -0.3 is 44.1 Å². The van der Waals surface area contributed by atoms with Crippen LogP contribution >= 0.6 is 47.8 Å². The summed E-state index contributed by atoms with van der Waals surface area (Å²) in [7, 11) is 7.93. The fourth-order valence-electron chi connectivity index (χ4n) is 5.88. The summed E-state index contributed by atoms with van der Waals surface area (Å²) in [6, 6.07) is 24.4. The molecule has 0 amide bonds. The van der Waals surface area contributed by atoms with Crippen LogP contribution in [0.3, 0.4) is 0 Å². The van der Waals surface area contributed by atoms with Crippen molar-refractivity contribution in [2.45, 2.75) is 27.7 Å². The average Bonchev–Trinajstić information content (AvgIpc) is 3.33. The van der Waals surface area contributed by atoms with E-state index in [9.17, 15) is 39.6 Å². The molecule has 362 valence electrons. The lowest BCUT2D eigenvalue weighted by atomic mass is 10.1. The van der Waals surface area contributed by atoms with Gasteiger partial charge in [0.05, 0.1) is 35.5 Å². The van der Waals surface area contributed by atoms with Gasteiger partial charge in [-0.1, -0.05) is 72.1 Å². The summed E-state index contributed by atoms with van der Waals surface area (Å²) in [5, 5.41) is 37.3. The predicted molar refractivity (Wildman–Crippen MR) is 278 cm³/mol. The molecule has 6 rings (SSSR count). The summed E-state index contributed by atoms with van der Waals surface area (Å²) in [4.78, 5) is 45.8. The van der Waals surface area contributed by atoms with Gasteiger partial charge in [0.25, 0.3) is 0 Å². The summed E-state index contributed by atoms with van der Waals surface area (Å²) in [6.07, 6.45) is 6.76. The van der Waals surface area contributed by atoms with Crippen molar-refractivity contribution in [1.29, 1.82) is 0 Å². The van der Waals surface area contributed by atoms with Gasteiger partial charge >= 0.3 is 0 Å². The van der Waals surface area contributed by atoms with Crippen LogP contribution in [-0.4, -0.2) is 79.6 Å². The minimum Gasteiger partial charge on any atom is -0.504 e. The number of ether oxygens (including phenoxy) is 5. The Morgan fingerprint density at radius 3 is 1.33 bits per heavy atom. The van der Waals surface area contributed by atoms with Gasteiger partial charge in [-0.15, -0.1) is 0 Å². The molecule has 0 saturated carbocycles. The van der Waals surface area contributed by atoms with Crippen LogP contribution in [0.25, 0.3) is 12.2 Å². The maximum Gasteiger partial charge on any atom is 0.185 e. The molecule has 4 N–H and O–H groups in total. The number of benzene rings is 6. The number of Topliss-reactive ketones (excluding diaryl/α,β-unsaturated/α-hetero) is 1. The van der Waals surface area contributed by atoms with Crippen molar-refractivity contribution < 1.29 is 63.3 Å². The number of allylic oxidation sites excluding steroid dienone is 2. The molecule has 0 aliphatic rings. The first-order valence-corrected chi connectivity index (χ1v) is 22.8. The van der Waals surface area contributed by atoms with Gasteiger partial charge in [-0.25, -0.2) is 0 Å². The smallest absolute Gasteiger partial charge is 0.185 e. The summed E-state index contributed by atoms with van der Waals surface area (Å²) < 4.78 is 28.1. The number of halogens is 3. The minimum absolute atomic E-state index is 0.0632. The molecule has 0 heterocycles. The molecule has 6 aromatic rings. The Kier molecular flexibility index (Phi) is 22.3. The van der Waals surface area contributed by atoms with E-state index in [4.69, 9.17) is 23.7 Å². The predicted octanol–water partition coefficient (Wildman–Crippen LogP) is 12.6. The first kappa shape index (κ1) is 56.4. The molecule has 0 aliphatic carbocycles. The summed E-state index contributed by atoms with van der Waals surface area (Å²) in [5.41, 5.74) is 6.45. The number of carbonyl (C=O) groups is 4. The third-order valence-corrected chi connectivity index (χ3v) is 11.9. The van der Waals surface area contributed by atoms with E-state index in [-0.39, 0.29) is 45.9 Å². The Labute approximate surface area is 426 Å². The van der Waals surface area contributed by atoms with Gasteiger partial charge in [0.2, 0.25) is 0 Å². The van der Waals surface area contributed by atoms with Crippen molar-refractivity contribution >= 4 is 83.6 Å². The Morgan fingerprint density at radius 2 is 0.826 bits per heavy atom. The molecule has 0 bridgehead atoms. The van der Waals surface area contributed by atoms with Gasteiger partial charge in [0, 0.05) is 35.7 Å². The van der Waals surface area contributed by atoms with Crippen molar-refractivity contribution in [1.82, 2.24) is 0 Å². The minimum atomic E-state index is -0.384. The first-order valence-electron chi connectivity index (χ1n) is 20.4. The molecular weight excluding hydrogens is 1080 g/mol. The molecular formula is C53H51Br3O13. The van der Waals surface area contributed by atoms with Crippen LogP contribution in [0.2, 0.25) is 0 Å². The van der Waals surface area contributed by atoms with Crippen LogP contribution in [0.4, 0.5) is 0 Å². The Bertz CT molecular complexity index is 2870. The lowest BCUT2D eigenvalue weighted by molar-refractivity contribution is 0.101. The summed E-state index contributed by atoms with van der Waals surface area (Å²) in [6.45, 7) is 7.36. The molecule has 6 aromatic carbocycles. The van der Waals surface area contributed by atoms with Gasteiger partial charge in [-0.2, -0.15) is 0 Å². The number of aldehydes is 1. The van der Waals surface area contributed by atoms with Gasteiger partial charge in [-0.3, -0.25) is 19.2 Å². The number of methoxy groups -OCH3 is 5. The van der Waals surface area contributed by atoms with Crippen LogP contribution in [0, 0.1) is 20.8 Å². The summed E-state index contributed by atoms with van der Waals surface area (Å²) >= 11 is 9.96. The van der Waals surface area contributed by atoms with Crippen molar-refractivity contribution in [3.63, 3.8) is 0 Å². The normalized spacial score (nSPS) is 10.4. The zero-order valence-corrected chi connectivity index (χ0v) is 43.9. The van der Waals surface area contributed by atoms with Crippen molar-refractivity contribution in [3.05, 3.63) is 167 Å². The Morgan fingerprint density at radius 1 is 0.435 bits per heavy atom. The molecule has 0 unspecified atom stereocenters. The van der Waals surface area contributed by atoms with Crippen molar-refractivity contribution in [2.24, 2.45) is 0 Å². The Balaban J connectivity index is 0.000000255. The first-order chi connectivity index (χ1) is 32.7. The quantitative estimate of drug-likeness (QED) is 0.0369. The number of aromatic hydroxyl groups is 4. The topological polar surface area (TPSA) is 195 Å². The van der Waals surface area contributed by atoms with E-state index in [1.165, 1.54) is 42.5 Å². The number of phenolic OH excluding ortho intramolecular Hbond substituents is 4. The van der Waals surface area contributed by atoms with E-state index in [0.29, 0.717) is 44.0 Å². The van der Waals surface area contributed by atoms with Crippen molar-refractivity contribution in [3.8, 4) is 51.7 Å². The number of aryl methyl sites for hydroxylation is 3. The largest absolute Gasteiger partial charge is 0.504 e. The molecule has 0 atom stereocenters. The summed E-state index contributed by atoms with van der Waals surface area (Å²) in [5.74, 6) is 1.75. The zero-order valence-electron chi connectivity index (χ0n) is 39.1. The number of phenols is 4. The molecule has 0 aromatic heterocycles. The number of hydrogen-bond acceptors (Lipinski definition) is 13. The lowest BCUT2D eigenvalue weighted by Gasteiger charge is -2.10. The van der Waals surface area contributed by atoms with Gasteiger partial charge in [0.15, 0.2) is 58.1 Å². The molecule has 0 fully saturated rings. The van der Waals surface area contributed by atoms with E-state index < -0.39 is 0 Å². The highest BCUT2D eigenvalue weighted by molar-refractivity contribution is 9.11. The van der Waals surface area contributed by atoms with E-state index in [2.05, 4.69) is 47.8 Å². The highest BCUT2D eigenvalue weighted by Crippen LogP contribution is 2.35. The number of ketones is 3. The van der Waals surface area contributed by atoms with Crippen LogP contribution < -0.4 is 23.7 Å². The number of carbonyl (C=O) groups excluding carboxylic acids is 4. The maximum atomic E-state index is 12.4. The zero-order chi connectivity index (χ0) is 51.5. The number of hydrogen-bond donors (Lipinski definition) is 4. The second kappa shape index (κ2) is 27.2. The van der Waals surface area contributed by atoms with Crippen LogP contribution in [-0.2, 0) is 0 Å². The van der Waals surface area contributed by atoms with Crippen LogP contribution in [0.5, 0.6) is 51.7 Å². The highest BCUT2D eigenvalue weighted by atomic mass is 79.9.